The van der Waals surface area contributed by atoms with E-state index in [0.717, 1.165) is 0 Å². The average molecular weight is 414 g/mol. The van der Waals surface area contributed by atoms with Crippen molar-refractivity contribution in [3.05, 3.63) is 32.6 Å². The Kier molecular flexibility index (Phi) is 8.11. The number of hydrogen-bond donors (Lipinski definition) is 1. The van der Waals surface area contributed by atoms with E-state index in [0.29, 0.717) is 13.2 Å². The van der Waals surface area contributed by atoms with Crippen molar-refractivity contribution in [3.63, 3.8) is 0 Å². The van der Waals surface area contributed by atoms with Crippen molar-refractivity contribution in [1.29, 1.82) is 0 Å². The number of nitrogens with one attached hydrogen (secondary N) is 1. The van der Waals surface area contributed by atoms with Crippen LogP contribution in [0.2, 0.25) is 0 Å². The molecule has 162 valence electrons. The zero-order valence-electron chi connectivity index (χ0n) is 16.8. The molecule has 29 heavy (non-hydrogen) atoms. The van der Waals surface area contributed by atoms with Crippen molar-refractivity contribution in [3.8, 4) is 0 Å². The molecule has 1 aromatic rings. The zero-order valence-corrected chi connectivity index (χ0v) is 16.8. The molecule has 1 unspecified atom stereocenters. The molecule has 0 saturated carbocycles. The number of H-pyrrole nitrogens is 1. The molecule has 1 aromatic heterocycles. The smallest absolute Gasteiger partial charge is 0.330 e. The highest BCUT2D eigenvalue weighted by Crippen LogP contribution is 2.30. The monoisotopic (exact) mass is 414 g/mol. The second kappa shape index (κ2) is 10.3. The summed E-state index contributed by atoms with van der Waals surface area (Å²) in [5.74, 6) is -1.05. The minimum Gasteiger partial charge on any atom is -0.463 e. The zero-order chi connectivity index (χ0) is 21.6. The molecule has 1 saturated heterocycles. The van der Waals surface area contributed by atoms with Gasteiger partial charge >= 0.3 is 17.6 Å². The van der Waals surface area contributed by atoms with Crippen LogP contribution in [0.25, 0.3) is 0 Å². The Morgan fingerprint density at radius 2 is 1.86 bits per heavy atom. The third-order valence-corrected chi connectivity index (χ3v) is 4.14. The Balaban J connectivity index is 2.33. The number of ether oxygens (including phenoxy) is 5. The number of aromatic nitrogens is 2. The second-order valence-corrected chi connectivity index (χ2v) is 6.31. The number of rotatable bonds is 9. The molecule has 11 heteroatoms. The van der Waals surface area contributed by atoms with Gasteiger partial charge in [0.25, 0.3) is 5.56 Å². The van der Waals surface area contributed by atoms with E-state index in [2.05, 4.69) is 4.98 Å². The van der Waals surface area contributed by atoms with Crippen molar-refractivity contribution in [2.24, 2.45) is 0 Å². The molecule has 11 nitrogen and oxygen atoms in total. The molecule has 1 fully saturated rings. The maximum Gasteiger partial charge on any atom is 0.330 e. The predicted octanol–water partition coefficient (Wildman–Crippen LogP) is 0.391. The molecule has 0 amide bonds. The molecule has 1 aliphatic heterocycles. The van der Waals surface area contributed by atoms with E-state index in [1.54, 1.807) is 13.8 Å². The van der Waals surface area contributed by atoms with Gasteiger partial charge in [0.1, 0.15) is 25.0 Å². The largest absolute Gasteiger partial charge is 0.463 e. The van der Waals surface area contributed by atoms with Gasteiger partial charge in [-0.1, -0.05) is 0 Å². The molecule has 0 spiro atoms. The van der Waals surface area contributed by atoms with Crippen LogP contribution in [-0.2, 0) is 33.3 Å². The summed E-state index contributed by atoms with van der Waals surface area (Å²) in [6.45, 7) is 6.43. The fourth-order valence-electron chi connectivity index (χ4n) is 2.97. The van der Waals surface area contributed by atoms with Gasteiger partial charge in [-0.05, 0) is 13.8 Å². The number of aromatic amines is 1. The minimum absolute atomic E-state index is 0.101. The van der Waals surface area contributed by atoms with E-state index in [4.69, 9.17) is 23.7 Å². The van der Waals surface area contributed by atoms with Gasteiger partial charge < -0.3 is 23.7 Å². The molecule has 2 heterocycles. The first-order valence-electron chi connectivity index (χ1n) is 9.31. The van der Waals surface area contributed by atoms with Gasteiger partial charge in [0.2, 0.25) is 0 Å². The van der Waals surface area contributed by atoms with E-state index in [1.807, 2.05) is 0 Å². The highest BCUT2D eigenvalue weighted by Gasteiger charge is 2.40. The van der Waals surface area contributed by atoms with E-state index in [9.17, 15) is 19.2 Å². The Morgan fingerprint density at radius 1 is 1.21 bits per heavy atom. The molecular formula is C18H26N2O9. The van der Waals surface area contributed by atoms with Crippen LogP contribution in [0.5, 0.6) is 0 Å². The summed E-state index contributed by atoms with van der Waals surface area (Å²) in [6, 6.07) is 0. The SMILES string of the molecule is CCOC(OCC)c1cn(C2C[C@H](OC(C)=O)[C@@H](COC(C)=O)O2)c(=O)[nH]c1=O. The summed E-state index contributed by atoms with van der Waals surface area (Å²) in [5, 5.41) is 0. The standard InChI is InChI=1S/C18H26N2O9/c1-5-25-17(26-6-2)12-8-20(18(24)19-16(12)23)15-7-13(28-11(4)22)14(29-15)9-27-10(3)21/h8,13-15,17H,5-7,9H2,1-4H3,(H,19,23,24)/t13-,14+,15?/m0/s1. The minimum atomic E-state index is -0.955. The van der Waals surface area contributed by atoms with Crippen LogP contribution in [0.1, 0.15) is 52.2 Å². The van der Waals surface area contributed by atoms with Gasteiger partial charge in [0.05, 0.1) is 5.56 Å². The van der Waals surface area contributed by atoms with Crippen molar-refractivity contribution in [2.45, 2.75) is 58.8 Å². The van der Waals surface area contributed by atoms with E-state index >= 15 is 0 Å². The lowest BCUT2D eigenvalue weighted by atomic mass is 10.2. The van der Waals surface area contributed by atoms with Crippen LogP contribution in [0.4, 0.5) is 0 Å². The fourth-order valence-corrected chi connectivity index (χ4v) is 2.97. The fraction of sp³-hybridized carbons (Fsp3) is 0.667. The number of carbonyl (C=O) groups excluding carboxylic acids is 2. The molecule has 3 atom stereocenters. The van der Waals surface area contributed by atoms with Crippen LogP contribution < -0.4 is 11.2 Å². The quantitative estimate of drug-likeness (QED) is 0.449. The molecular weight excluding hydrogens is 388 g/mol. The van der Waals surface area contributed by atoms with Crippen LogP contribution in [0.15, 0.2) is 15.8 Å². The second-order valence-electron chi connectivity index (χ2n) is 6.31. The van der Waals surface area contributed by atoms with Gasteiger partial charge in [-0.2, -0.15) is 0 Å². The summed E-state index contributed by atoms with van der Waals surface area (Å²) in [6.07, 6.45) is -1.86. The van der Waals surface area contributed by atoms with E-state index < -0.39 is 47.9 Å². The summed E-state index contributed by atoms with van der Waals surface area (Å²) >= 11 is 0. The number of nitrogens with zero attached hydrogens (tertiary/aromatic N) is 1. The molecule has 1 N–H and O–H groups in total. The van der Waals surface area contributed by atoms with Gasteiger partial charge in [0.15, 0.2) is 6.29 Å². The van der Waals surface area contributed by atoms with Gasteiger partial charge in [-0.15, -0.1) is 0 Å². The molecule has 2 rings (SSSR count). The number of esters is 2. The van der Waals surface area contributed by atoms with E-state index in [1.165, 1.54) is 24.6 Å². The molecule has 0 radical (unpaired) electrons. The van der Waals surface area contributed by atoms with Crippen molar-refractivity contribution in [1.82, 2.24) is 9.55 Å². The number of hydrogen-bond acceptors (Lipinski definition) is 9. The maximum atomic E-state index is 12.4. The first-order valence-corrected chi connectivity index (χ1v) is 9.31. The van der Waals surface area contributed by atoms with Crippen molar-refractivity contribution >= 4 is 11.9 Å². The average Bonchev–Trinajstić information content (AvgIpc) is 3.01. The molecule has 1 aliphatic rings. The van der Waals surface area contributed by atoms with Crippen molar-refractivity contribution in [2.75, 3.05) is 19.8 Å². The lowest BCUT2D eigenvalue weighted by Crippen LogP contribution is -2.36. The molecule has 0 aromatic carbocycles. The lowest BCUT2D eigenvalue weighted by Gasteiger charge is -2.19. The Hall–Kier alpha value is -2.50. The van der Waals surface area contributed by atoms with Crippen LogP contribution in [0.3, 0.4) is 0 Å². The summed E-state index contributed by atoms with van der Waals surface area (Å²) in [7, 11) is 0. The normalized spacial score (nSPS) is 21.3. The Bertz CT molecular complexity index is 825. The Morgan fingerprint density at radius 3 is 2.41 bits per heavy atom. The van der Waals surface area contributed by atoms with E-state index in [-0.39, 0.29) is 18.6 Å². The van der Waals surface area contributed by atoms with Gasteiger partial charge in [-0.25, -0.2) is 4.79 Å². The summed E-state index contributed by atoms with van der Waals surface area (Å²) in [4.78, 5) is 49.3. The van der Waals surface area contributed by atoms with Crippen LogP contribution >= 0.6 is 0 Å². The highest BCUT2D eigenvalue weighted by molar-refractivity contribution is 5.66. The van der Waals surface area contributed by atoms with Gasteiger partial charge in [0, 0.05) is 39.7 Å². The highest BCUT2D eigenvalue weighted by atomic mass is 16.7. The third-order valence-electron chi connectivity index (χ3n) is 4.14. The van der Waals surface area contributed by atoms with Crippen LogP contribution in [0, 0.1) is 0 Å². The molecule has 0 bridgehead atoms. The predicted molar refractivity (Wildman–Crippen MR) is 98.0 cm³/mol. The maximum absolute atomic E-state index is 12.4. The van der Waals surface area contributed by atoms with Gasteiger partial charge in [-0.3, -0.25) is 23.9 Å². The summed E-state index contributed by atoms with van der Waals surface area (Å²) < 4.78 is 28.0. The van der Waals surface area contributed by atoms with Crippen LogP contribution in [-0.4, -0.2) is 53.5 Å². The molecule has 0 aliphatic carbocycles. The first kappa shape index (κ1) is 22.8. The van der Waals surface area contributed by atoms with Crippen molar-refractivity contribution < 1.29 is 33.3 Å². The number of carbonyl (C=O) groups is 2. The topological polar surface area (TPSA) is 135 Å². The Labute approximate surface area is 166 Å². The summed E-state index contributed by atoms with van der Waals surface area (Å²) in [5.41, 5.74) is -1.24. The first-order chi connectivity index (χ1) is 13.8. The lowest BCUT2D eigenvalue weighted by molar-refractivity contribution is -0.155. The third kappa shape index (κ3) is 5.99.